The van der Waals surface area contributed by atoms with Crippen LogP contribution in [-0.4, -0.2) is 28.1 Å². The van der Waals surface area contributed by atoms with E-state index in [-0.39, 0.29) is 17.5 Å². The summed E-state index contributed by atoms with van der Waals surface area (Å²) in [6, 6.07) is 12.6. The van der Waals surface area contributed by atoms with E-state index in [0.717, 1.165) is 5.56 Å². The van der Waals surface area contributed by atoms with Crippen LogP contribution in [0.2, 0.25) is 0 Å². The van der Waals surface area contributed by atoms with Gasteiger partial charge in [-0.05, 0) is 55.3 Å². The van der Waals surface area contributed by atoms with Gasteiger partial charge in [-0.2, -0.15) is 0 Å². The van der Waals surface area contributed by atoms with E-state index in [0.29, 0.717) is 17.7 Å². The van der Waals surface area contributed by atoms with Crippen molar-refractivity contribution < 1.29 is 22.7 Å². The lowest BCUT2D eigenvalue weighted by Gasteiger charge is -2.18. The number of hydrogen-bond acceptors (Lipinski definition) is 5. The number of ether oxygens (including phenoxy) is 2. The van der Waals surface area contributed by atoms with Crippen molar-refractivity contribution >= 4 is 16.0 Å². The van der Waals surface area contributed by atoms with Crippen molar-refractivity contribution in [1.29, 1.82) is 0 Å². The van der Waals surface area contributed by atoms with Crippen LogP contribution in [0, 0.1) is 0 Å². The summed E-state index contributed by atoms with van der Waals surface area (Å²) >= 11 is 0. The van der Waals surface area contributed by atoms with Crippen LogP contribution < -0.4 is 9.46 Å². The van der Waals surface area contributed by atoms with E-state index in [1.807, 2.05) is 19.1 Å². The summed E-state index contributed by atoms with van der Waals surface area (Å²) in [5, 5.41) is 0. The fraction of sp³-hybridized carbons (Fsp3) is 0.316. The van der Waals surface area contributed by atoms with E-state index < -0.39 is 16.0 Å². The van der Waals surface area contributed by atoms with Crippen LogP contribution in [-0.2, 0) is 14.8 Å². The van der Waals surface area contributed by atoms with Gasteiger partial charge in [0, 0.05) is 6.04 Å². The second-order valence-electron chi connectivity index (χ2n) is 5.60. The van der Waals surface area contributed by atoms with Gasteiger partial charge in [0.25, 0.3) is 0 Å². The topological polar surface area (TPSA) is 81.7 Å². The lowest BCUT2D eigenvalue weighted by atomic mass is 10.1. The minimum absolute atomic E-state index is 0.0949. The molecule has 1 N–H and O–H groups in total. The maximum atomic E-state index is 12.7. The molecule has 2 aromatic carbocycles. The molecule has 0 radical (unpaired) electrons. The van der Waals surface area contributed by atoms with Gasteiger partial charge in [0.05, 0.1) is 24.2 Å². The average Bonchev–Trinajstić information content (AvgIpc) is 2.66. The van der Waals surface area contributed by atoms with Gasteiger partial charge in [-0.3, -0.25) is 0 Å². The van der Waals surface area contributed by atoms with Crippen LogP contribution in [0.15, 0.2) is 53.4 Å². The molecule has 0 saturated heterocycles. The minimum Gasteiger partial charge on any atom is -0.497 e. The minimum atomic E-state index is -3.72. The fourth-order valence-electron chi connectivity index (χ4n) is 2.46. The van der Waals surface area contributed by atoms with Gasteiger partial charge in [-0.15, -0.1) is 0 Å². The number of carbonyl (C=O) groups is 1. The van der Waals surface area contributed by atoms with Gasteiger partial charge in [-0.1, -0.05) is 19.1 Å². The number of rotatable bonds is 8. The first-order valence-electron chi connectivity index (χ1n) is 8.34. The van der Waals surface area contributed by atoms with Crippen molar-refractivity contribution in [2.45, 2.75) is 31.2 Å². The predicted octanol–water partition coefficient (Wildman–Crippen LogP) is 3.30. The molecule has 0 heterocycles. The summed E-state index contributed by atoms with van der Waals surface area (Å²) in [5.74, 6) is 0.232. The predicted molar refractivity (Wildman–Crippen MR) is 98.7 cm³/mol. The average molecular weight is 377 g/mol. The summed E-state index contributed by atoms with van der Waals surface area (Å²) in [6.45, 7) is 3.88. The molecule has 7 heteroatoms. The third-order valence-corrected chi connectivity index (χ3v) is 5.39. The molecule has 1 atom stereocenters. The zero-order valence-corrected chi connectivity index (χ0v) is 15.9. The highest BCUT2D eigenvalue weighted by molar-refractivity contribution is 7.89. The van der Waals surface area contributed by atoms with E-state index in [1.54, 1.807) is 26.2 Å². The normalized spacial score (nSPS) is 12.4. The van der Waals surface area contributed by atoms with Gasteiger partial charge in [0.15, 0.2) is 0 Å². The number of hydrogen-bond donors (Lipinski definition) is 1. The molecule has 2 aromatic rings. The molecule has 140 valence electrons. The Balaban J connectivity index is 2.18. The molecule has 0 aliphatic carbocycles. The van der Waals surface area contributed by atoms with Crippen molar-refractivity contribution in [3.63, 3.8) is 0 Å². The molecule has 0 saturated carbocycles. The Morgan fingerprint density at radius 2 is 1.65 bits per heavy atom. The third-order valence-electron chi connectivity index (χ3n) is 3.90. The second-order valence-corrected chi connectivity index (χ2v) is 7.31. The van der Waals surface area contributed by atoms with E-state index >= 15 is 0 Å². The Kier molecular flexibility index (Phi) is 6.76. The van der Waals surface area contributed by atoms with E-state index in [9.17, 15) is 13.2 Å². The zero-order valence-electron chi connectivity index (χ0n) is 15.1. The van der Waals surface area contributed by atoms with Crippen LogP contribution in [0.3, 0.4) is 0 Å². The fourth-order valence-corrected chi connectivity index (χ4v) is 3.77. The first-order valence-corrected chi connectivity index (χ1v) is 9.83. The van der Waals surface area contributed by atoms with Crippen LogP contribution >= 0.6 is 0 Å². The Hall–Kier alpha value is -2.38. The number of carbonyl (C=O) groups excluding carboxylic acids is 1. The maximum absolute atomic E-state index is 12.7. The maximum Gasteiger partial charge on any atom is 0.338 e. The van der Waals surface area contributed by atoms with Crippen LogP contribution in [0.4, 0.5) is 0 Å². The van der Waals surface area contributed by atoms with Crippen LogP contribution in [0.25, 0.3) is 0 Å². The van der Waals surface area contributed by atoms with E-state index in [1.165, 1.54) is 24.3 Å². The smallest absolute Gasteiger partial charge is 0.338 e. The number of benzene rings is 2. The first-order chi connectivity index (χ1) is 12.4. The highest BCUT2D eigenvalue weighted by Gasteiger charge is 2.21. The lowest BCUT2D eigenvalue weighted by Crippen LogP contribution is -2.28. The Labute approximate surface area is 154 Å². The Morgan fingerprint density at radius 3 is 2.15 bits per heavy atom. The SMILES string of the molecule is CCOC(=O)c1ccc(S(=O)(=O)NC(CC)c2ccc(OC)cc2)cc1. The molecule has 0 bridgehead atoms. The molecule has 26 heavy (non-hydrogen) atoms. The number of sulfonamides is 1. The molecule has 6 nitrogen and oxygen atoms in total. The molecule has 1 unspecified atom stereocenters. The van der Waals surface area contributed by atoms with Crippen molar-refractivity contribution in [2.24, 2.45) is 0 Å². The standard InChI is InChI=1S/C19H23NO5S/c1-4-18(14-6-10-16(24-3)11-7-14)20-26(22,23)17-12-8-15(9-13-17)19(21)25-5-2/h6-13,18,20H,4-5H2,1-3H3. The van der Waals surface area contributed by atoms with Gasteiger partial charge in [-0.25, -0.2) is 17.9 Å². The monoisotopic (exact) mass is 377 g/mol. The van der Waals surface area contributed by atoms with Gasteiger partial charge in [0.2, 0.25) is 10.0 Å². The Bertz CT molecular complexity index is 829. The molecular formula is C19H23NO5S. The molecule has 0 aromatic heterocycles. The van der Waals surface area contributed by atoms with Crippen molar-refractivity contribution in [3.8, 4) is 5.75 Å². The van der Waals surface area contributed by atoms with Gasteiger partial charge < -0.3 is 9.47 Å². The highest BCUT2D eigenvalue weighted by Crippen LogP contribution is 2.23. The molecule has 2 rings (SSSR count). The molecule has 0 aliphatic heterocycles. The van der Waals surface area contributed by atoms with E-state index in [2.05, 4.69) is 4.72 Å². The van der Waals surface area contributed by atoms with Crippen molar-refractivity contribution in [3.05, 3.63) is 59.7 Å². The summed E-state index contributed by atoms with van der Waals surface area (Å²) < 4.78 is 38.0. The third kappa shape index (κ3) is 4.83. The summed E-state index contributed by atoms with van der Waals surface area (Å²) in [6.07, 6.45) is 0.590. The first kappa shape index (κ1) is 19.9. The largest absolute Gasteiger partial charge is 0.497 e. The van der Waals surface area contributed by atoms with E-state index in [4.69, 9.17) is 9.47 Å². The number of methoxy groups -OCH3 is 1. The molecule has 0 aliphatic rings. The highest BCUT2D eigenvalue weighted by atomic mass is 32.2. The zero-order chi connectivity index (χ0) is 19.2. The summed E-state index contributed by atoms with van der Waals surface area (Å²) in [5.41, 5.74) is 1.16. The molecule has 0 fully saturated rings. The summed E-state index contributed by atoms with van der Waals surface area (Å²) in [4.78, 5) is 11.8. The molecule has 0 amide bonds. The van der Waals surface area contributed by atoms with Crippen LogP contribution in [0.5, 0.6) is 5.75 Å². The second kappa shape index (κ2) is 8.82. The van der Waals surface area contributed by atoms with Crippen molar-refractivity contribution in [2.75, 3.05) is 13.7 Å². The number of nitrogens with one attached hydrogen (secondary N) is 1. The summed E-state index contributed by atoms with van der Waals surface area (Å²) in [7, 11) is -2.15. The Morgan fingerprint density at radius 1 is 1.04 bits per heavy atom. The quantitative estimate of drug-likeness (QED) is 0.714. The lowest BCUT2D eigenvalue weighted by molar-refractivity contribution is 0.0526. The van der Waals surface area contributed by atoms with Crippen LogP contribution in [0.1, 0.15) is 42.2 Å². The molecular weight excluding hydrogens is 354 g/mol. The number of esters is 1. The molecule has 0 spiro atoms. The van der Waals surface area contributed by atoms with Gasteiger partial charge >= 0.3 is 5.97 Å². The van der Waals surface area contributed by atoms with Gasteiger partial charge in [0.1, 0.15) is 5.75 Å². The van der Waals surface area contributed by atoms with Crippen molar-refractivity contribution in [1.82, 2.24) is 4.72 Å².